The predicted octanol–water partition coefficient (Wildman–Crippen LogP) is 1.20. The van der Waals surface area contributed by atoms with Crippen molar-refractivity contribution in [1.82, 2.24) is 9.21 Å². The Balaban J connectivity index is 2.22. The fraction of sp³-hybridized carbons (Fsp3) is 0.467. The molecule has 1 aliphatic heterocycles. The van der Waals surface area contributed by atoms with E-state index < -0.39 is 15.4 Å². The summed E-state index contributed by atoms with van der Waals surface area (Å²) >= 11 is 0. The third-order valence-corrected chi connectivity index (χ3v) is 5.85. The van der Waals surface area contributed by atoms with E-state index in [0.717, 1.165) is 9.21 Å². The molecule has 6 nitrogen and oxygen atoms in total. The van der Waals surface area contributed by atoms with Crippen LogP contribution >= 0.6 is 0 Å². The molecule has 0 atom stereocenters. The van der Waals surface area contributed by atoms with Gasteiger partial charge in [-0.05, 0) is 17.5 Å². The number of sulfonamides is 1. The molecule has 2 amide bonds. The molecule has 1 aliphatic rings. The summed E-state index contributed by atoms with van der Waals surface area (Å²) < 4.78 is 25.2. The normalized spacial score (nSPS) is 15.6. The summed E-state index contributed by atoms with van der Waals surface area (Å²) in [7, 11) is -0.484. The van der Waals surface area contributed by atoms with Gasteiger partial charge in [0.2, 0.25) is 10.0 Å². The van der Waals surface area contributed by atoms with Crippen LogP contribution in [0.2, 0.25) is 0 Å². The number of amides is 2. The fourth-order valence-corrected chi connectivity index (χ4v) is 3.82. The zero-order valence-electron chi connectivity index (χ0n) is 13.2. The van der Waals surface area contributed by atoms with Gasteiger partial charge in [-0.3, -0.25) is 14.5 Å². The van der Waals surface area contributed by atoms with E-state index in [-0.39, 0.29) is 24.1 Å². The molecule has 1 heterocycles. The van der Waals surface area contributed by atoms with Gasteiger partial charge < -0.3 is 0 Å². The minimum absolute atomic E-state index is 0.0619. The van der Waals surface area contributed by atoms with Crippen LogP contribution in [0.3, 0.4) is 0 Å². The average molecular weight is 324 g/mol. The number of hydrogen-bond donors (Lipinski definition) is 0. The molecular weight excluding hydrogens is 304 g/mol. The van der Waals surface area contributed by atoms with Gasteiger partial charge in [0.05, 0.1) is 16.9 Å². The second-order valence-corrected chi connectivity index (χ2v) is 8.63. The van der Waals surface area contributed by atoms with Gasteiger partial charge in [0, 0.05) is 20.6 Å². The number of nitrogens with zero attached hydrogens (tertiary/aromatic N) is 2. The smallest absolute Gasteiger partial charge is 0.261 e. The first kappa shape index (κ1) is 16.6. The molecule has 2 rings (SSSR count). The number of imide groups is 1. The molecule has 7 heteroatoms. The Morgan fingerprint density at radius 1 is 1.05 bits per heavy atom. The van der Waals surface area contributed by atoms with Gasteiger partial charge in [-0.15, -0.1) is 0 Å². The number of fused-ring (bicyclic) bond motifs is 1. The summed E-state index contributed by atoms with van der Waals surface area (Å²) in [6.07, 6.45) is 0. The van der Waals surface area contributed by atoms with Crippen molar-refractivity contribution in [2.45, 2.75) is 13.8 Å². The van der Waals surface area contributed by atoms with Gasteiger partial charge in [0.15, 0.2) is 0 Å². The number of benzene rings is 1. The van der Waals surface area contributed by atoms with Crippen molar-refractivity contribution < 1.29 is 18.0 Å². The van der Waals surface area contributed by atoms with Crippen LogP contribution in [-0.4, -0.2) is 55.8 Å². The van der Waals surface area contributed by atoms with Crippen LogP contribution in [0.25, 0.3) is 0 Å². The second-order valence-electron chi connectivity index (χ2n) is 6.44. The topological polar surface area (TPSA) is 74.8 Å². The third-order valence-electron chi connectivity index (χ3n) is 3.59. The van der Waals surface area contributed by atoms with Crippen molar-refractivity contribution in [3.05, 3.63) is 35.4 Å². The summed E-state index contributed by atoms with van der Waals surface area (Å²) in [5.41, 5.74) is 0.00810. The highest BCUT2D eigenvalue weighted by Gasteiger charge is 2.39. The van der Waals surface area contributed by atoms with Crippen molar-refractivity contribution >= 4 is 21.8 Å². The maximum Gasteiger partial charge on any atom is 0.261 e. The Bertz CT molecular complexity index is 688. The van der Waals surface area contributed by atoms with Gasteiger partial charge in [-0.1, -0.05) is 26.0 Å². The fourth-order valence-electron chi connectivity index (χ4n) is 2.48. The van der Waals surface area contributed by atoms with Crippen LogP contribution in [0.4, 0.5) is 0 Å². The lowest BCUT2D eigenvalue weighted by Crippen LogP contribution is -2.43. The molecule has 0 spiro atoms. The van der Waals surface area contributed by atoms with Crippen molar-refractivity contribution in [2.75, 3.05) is 26.4 Å². The van der Waals surface area contributed by atoms with Crippen LogP contribution in [0, 0.1) is 5.41 Å². The molecule has 0 fully saturated rings. The van der Waals surface area contributed by atoms with E-state index in [1.807, 2.05) is 0 Å². The van der Waals surface area contributed by atoms with E-state index in [4.69, 9.17) is 0 Å². The molecule has 1 aromatic carbocycles. The molecule has 0 bridgehead atoms. The summed E-state index contributed by atoms with van der Waals surface area (Å²) in [6.45, 7) is 3.53. The van der Waals surface area contributed by atoms with Crippen molar-refractivity contribution in [1.29, 1.82) is 0 Å². The molecule has 0 saturated carbocycles. The maximum atomic E-state index is 12.3. The minimum atomic E-state index is -3.42. The van der Waals surface area contributed by atoms with Crippen molar-refractivity contribution in [3.8, 4) is 0 Å². The first-order chi connectivity index (χ1) is 10.1. The Morgan fingerprint density at radius 2 is 1.50 bits per heavy atom. The minimum Gasteiger partial charge on any atom is -0.274 e. The lowest BCUT2D eigenvalue weighted by molar-refractivity contribution is 0.0601. The summed E-state index contributed by atoms with van der Waals surface area (Å²) in [6, 6.07) is 6.63. The highest BCUT2D eigenvalue weighted by atomic mass is 32.2. The molecule has 22 heavy (non-hydrogen) atoms. The Hall–Kier alpha value is -1.73. The largest absolute Gasteiger partial charge is 0.274 e. The highest BCUT2D eigenvalue weighted by molar-refractivity contribution is 7.89. The first-order valence-electron chi connectivity index (χ1n) is 6.91. The highest BCUT2D eigenvalue weighted by Crippen LogP contribution is 2.28. The van der Waals surface area contributed by atoms with Crippen LogP contribution in [0.1, 0.15) is 34.6 Å². The number of carbonyl (C=O) groups is 2. The molecule has 0 N–H and O–H groups in total. The molecule has 0 radical (unpaired) electrons. The van der Waals surface area contributed by atoms with Crippen molar-refractivity contribution in [3.63, 3.8) is 0 Å². The quantitative estimate of drug-likeness (QED) is 0.763. The monoisotopic (exact) mass is 324 g/mol. The van der Waals surface area contributed by atoms with Gasteiger partial charge in [-0.25, -0.2) is 12.7 Å². The molecule has 120 valence electrons. The molecule has 0 aliphatic carbocycles. The average Bonchev–Trinajstić information content (AvgIpc) is 2.63. The lowest BCUT2D eigenvalue weighted by Gasteiger charge is -2.29. The summed E-state index contributed by atoms with van der Waals surface area (Å²) in [5, 5.41) is 0. The predicted molar refractivity (Wildman–Crippen MR) is 83.1 cm³/mol. The Labute approximate surface area is 130 Å². The Kier molecular flexibility index (Phi) is 4.14. The van der Waals surface area contributed by atoms with Gasteiger partial charge >= 0.3 is 0 Å². The lowest BCUT2D eigenvalue weighted by atomic mass is 9.95. The third kappa shape index (κ3) is 3.05. The van der Waals surface area contributed by atoms with Gasteiger partial charge in [-0.2, -0.15) is 0 Å². The maximum absolute atomic E-state index is 12.3. The molecular formula is C15H20N2O4S. The van der Waals surface area contributed by atoms with Gasteiger partial charge in [0.1, 0.15) is 0 Å². The molecule has 1 aromatic rings. The SMILES string of the molecule is CN(C)S(=O)(=O)CC(C)(C)CN1C(=O)c2ccccc2C1=O. The van der Waals surface area contributed by atoms with E-state index in [9.17, 15) is 18.0 Å². The zero-order chi connectivity index (χ0) is 16.7. The zero-order valence-corrected chi connectivity index (χ0v) is 14.0. The van der Waals surface area contributed by atoms with Crippen LogP contribution in [0.15, 0.2) is 24.3 Å². The first-order valence-corrected chi connectivity index (χ1v) is 8.51. The summed E-state index contributed by atoms with van der Waals surface area (Å²) in [5.74, 6) is -0.868. The van der Waals surface area contributed by atoms with Crippen molar-refractivity contribution in [2.24, 2.45) is 5.41 Å². The van der Waals surface area contributed by atoms with Crippen LogP contribution in [-0.2, 0) is 10.0 Å². The summed E-state index contributed by atoms with van der Waals surface area (Å²) in [4.78, 5) is 25.8. The van der Waals surface area contributed by atoms with E-state index in [0.29, 0.717) is 11.1 Å². The van der Waals surface area contributed by atoms with E-state index in [1.165, 1.54) is 14.1 Å². The van der Waals surface area contributed by atoms with E-state index in [1.54, 1.807) is 38.1 Å². The molecule has 0 unspecified atom stereocenters. The molecule has 0 aromatic heterocycles. The second kappa shape index (κ2) is 5.48. The Morgan fingerprint density at radius 3 is 1.91 bits per heavy atom. The number of hydrogen-bond acceptors (Lipinski definition) is 4. The van der Waals surface area contributed by atoms with Gasteiger partial charge in [0.25, 0.3) is 11.8 Å². The van der Waals surface area contributed by atoms with Crippen LogP contribution < -0.4 is 0 Å². The molecule has 0 saturated heterocycles. The van der Waals surface area contributed by atoms with E-state index >= 15 is 0 Å². The van der Waals surface area contributed by atoms with E-state index in [2.05, 4.69) is 0 Å². The number of rotatable bonds is 5. The number of carbonyl (C=O) groups excluding carboxylic acids is 2. The van der Waals surface area contributed by atoms with Crippen LogP contribution in [0.5, 0.6) is 0 Å². The standard InChI is InChI=1S/C15H20N2O4S/c1-15(2,10-22(20,21)16(3)4)9-17-13(18)11-7-5-6-8-12(11)14(17)19/h5-8H,9-10H2,1-4H3.